The van der Waals surface area contributed by atoms with Gasteiger partial charge < -0.3 is 25.7 Å². The Kier molecular flexibility index (Phi) is 60.1. The van der Waals surface area contributed by atoms with E-state index >= 15 is 0 Å². The van der Waals surface area contributed by atoms with Crippen LogP contribution in [-0.2, 0) is 4.79 Å². The van der Waals surface area contributed by atoms with Crippen molar-refractivity contribution in [2.45, 2.75) is 379 Å². The number of nitrogens with one attached hydrogen (secondary N) is 1. The molecule has 1 amide bonds. The van der Waals surface area contributed by atoms with Gasteiger partial charge in [0.1, 0.15) is 12.2 Å². The Morgan fingerprint density at radius 1 is 0.342 bits per heavy atom. The van der Waals surface area contributed by atoms with E-state index in [2.05, 4.69) is 55.6 Å². The number of aliphatic hydroxyl groups is 4. The largest absolute Gasteiger partial charge is 0.394 e. The van der Waals surface area contributed by atoms with E-state index in [0.29, 0.717) is 12.8 Å². The van der Waals surface area contributed by atoms with Crippen molar-refractivity contribution in [1.29, 1.82) is 0 Å². The Balaban J connectivity index is 3.60. The van der Waals surface area contributed by atoms with Crippen molar-refractivity contribution in [2.24, 2.45) is 0 Å². The summed E-state index contributed by atoms with van der Waals surface area (Å²) in [6.07, 6.45) is 78.2. The monoisotopic (exact) mass is 1030 g/mol. The lowest BCUT2D eigenvalue weighted by atomic mass is 10.00. The van der Waals surface area contributed by atoms with Crippen LogP contribution in [0.3, 0.4) is 0 Å². The van der Waals surface area contributed by atoms with Crippen molar-refractivity contribution in [2.75, 3.05) is 6.61 Å². The Morgan fingerprint density at radius 3 is 0.904 bits per heavy atom. The van der Waals surface area contributed by atoms with Crippen LogP contribution in [0.25, 0.3) is 0 Å². The van der Waals surface area contributed by atoms with Gasteiger partial charge in [-0.25, -0.2) is 0 Å². The molecule has 0 aromatic carbocycles. The van der Waals surface area contributed by atoms with Gasteiger partial charge >= 0.3 is 0 Å². The van der Waals surface area contributed by atoms with E-state index < -0.39 is 36.9 Å². The number of amides is 1. The van der Waals surface area contributed by atoms with Gasteiger partial charge in [-0.3, -0.25) is 4.79 Å². The van der Waals surface area contributed by atoms with Gasteiger partial charge in [-0.2, -0.15) is 0 Å². The Bertz CT molecular complexity index is 1150. The number of rotatable bonds is 61. The summed E-state index contributed by atoms with van der Waals surface area (Å²) < 4.78 is 0. The first-order valence-corrected chi connectivity index (χ1v) is 32.9. The van der Waals surface area contributed by atoms with Gasteiger partial charge in [-0.15, -0.1) is 0 Å². The van der Waals surface area contributed by atoms with Crippen molar-refractivity contribution >= 4 is 5.91 Å². The minimum Gasteiger partial charge on any atom is -0.394 e. The molecule has 432 valence electrons. The van der Waals surface area contributed by atoms with Crippen LogP contribution in [0.4, 0.5) is 0 Å². The van der Waals surface area contributed by atoms with E-state index in [4.69, 9.17) is 0 Å². The number of hydrogen-bond acceptors (Lipinski definition) is 5. The molecule has 6 heteroatoms. The highest BCUT2D eigenvalue weighted by Gasteiger charge is 2.28. The lowest BCUT2D eigenvalue weighted by Crippen LogP contribution is -2.53. The molecule has 0 heterocycles. The van der Waals surface area contributed by atoms with Gasteiger partial charge in [0.05, 0.1) is 18.8 Å². The van der Waals surface area contributed by atoms with Crippen molar-refractivity contribution in [3.05, 3.63) is 36.5 Å². The van der Waals surface area contributed by atoms with E-state index in [1.165, 1.54) is 283 Å². The van der Waals surface area contributed by atoms with Crippen LogP contribution >= 0.6 is 0 Å². The molecular weight excluding hydrogens is 899 g/mol. The number of unbranched alkanes of at least 4 members (excludes halogenated alkanes) is 46. The summed E-state index contributed by atoms with van der Waals surface area (Å²) >= 11 is 0. The topological polar surface area (TPSA) is 110 Å². The molecule has 5 N–H and O–H groups in total. The Labute approximate surface area is 456 Å². The summed E-state index contributed by atoms with van der Waals surface area (Å²) in [6, 6.07) is -1.01. The lowest BCUT2D eigenvalue weighted by Gasteiger charge is -2.27. The molecule has 0 rings (SSSR count). The average molecular weight is 1030 g/mol. The molecule has 0 bridgehead atoms. The summed E-state index contributed by atoms with van der Waals surface area (Å²) in [7, 11) is 0. The van der Waals surface area contributed by atoms with Gasteiger partial charge in [0.25, 0.3) is 0 Å². The number of carbonyl (C=O) groups excluding carboxylic acids is 1. The predicted molar refractivity (Wildman–Crippen MR) is 321 cm³/mol. The predicted octanol–water partition coefficient (Wildman–Crippen LogP) is 19.9. The molecule has 6 nitrogen and oxygen atoms in total. The first-order valence-electron chi connectivity index (χ1n) is 32.9. The fourth-order valence-corrected chi connectivity index (χ4v) is 10.4. The number of aliphatic hydroxyl groups excluding tert-OH is 4. The number of hydrogen-bond donors (Lipinski definition) is 5. The van der Waals surface area contributed by atoms with Crippen LogP contribution in [0.15, 0.2) is 36.5 Å². The molecule has 0 aliphatic rings. The molecule has 0 aliphatic carbocycles. The van der Waals surface area contributed by atoms with Gasteiger partial charge in [0.2, 0.25) is 5.91 Å². The third-order valence-electron chi connectivity index (χ3n) is 15.6. The second-order valence-electron chi connectivity index (χ2n) is 22.8. The molecule has 0 fully saturated rings. The minimum atomic E-state index is -1.29. The van der Waals surface area contributed by atoms with Crippen molar-refractivity contribution < 1.29 is 25.2 Å². The van der Waals surface area contributed by atoms with E-state index in [9.17, 15) is 25.2 Å². The van der Waals surface area contributed by atoms with E-state index in [0.717, 1.165) is 44.9 Å². The fourth-order valence-electron chi connectivity index (χ4n) is 10.4. The third-order valence-corrected chi connectivity index (χ3v) is 15.6. The van der Waals surface area contributed by atoms with Crippen LogP contribution in [0, 0.1) is 0 Å². The maximum atomic E-state index is 12.6. The lowest BCUT2D eigenvalue weighted by molar-refractivity contribution is -0.132. The second kappa shape index (κ2) is 61.4. The van der Waals surface area contributed by atoms with Crippen molar-refractivity contribution in [3.8, 4) is 0 Å². The smallest absolute Gasteiger partial charge is 0.249 e. The number of carbonyl (C=O) groups is 1. The molecule has 0 aromatic heterocycles. The van der Waals surface area contributed by atoms with Gasteiger partial charge in [-0.1, -0.05) is 320 Å². The third kappa shape index (κ3) is 55.1. The summed E-state index contributed by atoms with van der Waals surface area (Å²) in [6.45, 7) is 4.09. The van der Waals surface area contributed by atoms with Crippen LogP contribution in [0.2, 0.25) is 0 Å². The zero-order valence-electron chi connectivity index (χ0n) is 49.2. The Morgan fingerprint density at radius 2 is 0.603 bits per heavy atom. The molecule has 0 aromatic rings. The fraction of sp³-hybridized carbons (Fsp3) is 0.896. The zero-order chi connectivity index (χ0) is 53.0. The normalized spacial score (nSPS) is 13.8. The highest BCUT2D eigenvalue weighted by Crippen LogP contribution is 2.18. The molecule has 0 radical (unpaired) electrons. The second-order valence-corrected chi connectivity index (χ2v) is 22.8. The summed E-state index contributed by atoms with van der Waals surface area (Å²) in [5.74, 6) is -0.591. The standard InChI is InChI=1S/C67H129NO5/c1-3-5-7-9-11-13-15-17-19-21-23-25-27-29-31-32-33-34-35-37-38-40-42-44-46-48-50-52-54-56-58-60-64(70)66(72)63(62-69)68-67(73)65(71)61-59-57-55-53-51-49-47-45-43-41-39-36-30-28-26-24-22-20-18-16-14-12-10-8-6-4-2/h24,26,30,36,52,54,63-66,69-72H,3-23,25,27-29,31-35,37-51,53,55-62H2,1-2H3,(H,68,73)/b26-24-,36-30-,54-52+. The summed E-state index contributed by atoms with van der Waals surface area (Å²) in [5.41, 5.74) is 0. The molecule has 0 spiro atoms. The van der Waals surface area contributed by atoms with E-state index in [1.54, 1.807) is 0 Å². The first kappa shape index (κ1) is 71.5. The molecule has 73 heavy (non-hydrogen) atoms. The first-order chi connectivity index (χ1) is 36.0. The quantitative estimate of drug-likeness (QED) is 0.0308. The molecule has 0 aliphatic heterocycles. The van der Waals surface area contributed by atoms with Gasteiger partial charge in [-0.05, 0) is 70.6 Å². The summed E-state index contributed by atoms with van der Waals surface area (Å²) in [5, 5.41) is 44.1. The maximum Gasteiger partial charge on any atom is 0.249 e. The number of allylic oxidation sites excluding steroid dienone is 6. The Hall–Kier alpha value is -1.47. The highest BCUT2D eigenvalue weighted by atomic mass is 16.3. The SMILES string of the molecule is CCCCCCCCCCC/C=C\C/C=C\CCCCCCCCCCCCC(O)C(=O)NC(CO)C(O)C(O)CCC/C=C/CCCCCCCCCCCCCCCCCCCCCCCCCCCC. The van der Waals surface area contributed by atoms with Crippen molar-refractivity contribution in [3.63, 3.8) is 0 Å². The van der Waals surface area contributed by atoms with E-state index in [-0.39, 0.29) is 0 Å². The van der Waals surface area contributed by atoms with Gasteiger partial charge in [0.15, 0.2) is 0 Å². The molecule has 4 atom stereocenters. The van der Waals surface area contributed by atoms with Gasteiger partial charge in [0, 0.05) is 0 Å². The molecule has 0 saturated carbocycles. The summed E-state index contributed by atoms with van der Waals surface area (Å²) in [4.78, 5) is 12.6. The van der Waals surface area contributed by atoms with Crippen LogP contribution in [0.5, 0.6) is 0 Å². The minimum absolute atomic E-state index is 0.360. The molecule has 4 unspecified atom stereocenters. The van der Waals surface area contributed by atoms with Crippen molar-refractivity contribution in [1.82, 2.24) is 5.32 Å². The van der Waals surface area contributed by atoms with E-state index in [1.807, 2.05) is 0 Å². The van der Waals surface area contributed by atoms with Crippen LogP contribution in [-0.4, -0.2) is 57.3 Å². The molecular formula is C67H129NO5. The van der Waals surface area contributed by atoms with Crippen LogP contribution < -0.4 is 5.32 Å². The highest BCUT2D eigenvalue weighted by molar-refractivity contribution is 5.80. The average Bonchev–Trinajstić information content (AvgIpc) is 3.40. The maximum absolute atomic E-state index is 12.6. The zero-order valence-corrected chi connectivity index (χ0v) is 49.2. The van der Waals surface area contributed by atoms with Crippen LogP contribution in [0.1, 0.15) is 354 Å². The molecule has 0 saturated heterocycles.